The van der Waals surface area contributed by atoms with Crippen LogP contribution in [-0.4, -0.2) is 27.4 Å². The highest BCUT2D eigenvalue weighted by Crippen LogP contribution is 2.13. The fraction of sp³-hybridized carbons (Fsp3) is 0.714. The van der Waals surface area contributed by atoms with Crippen molar-refractivity contribution in [3.63, 3.8) is 0 Å². The summed E-state index contributed by atoms with van der Waals surface area (Å²) in [5, 5.41) is 11.9. The molecule has 0 saturated heterocycles. The van der Waals surface area contributed by atoms with Crippen molar-refractivity contribution in [2.45, 2.75) is 33.7 Å². The monoisotopic (exact) mass is 298 g/mol. The average molecular weight is 298 g/mol. The number of aliphatic hydroxyl groups excluding tert-OH is 1. The van der Waals surface area contributed by atoms with Gasteiger partial charge in [0.15, 0.2) is 0 Å². The van der Waals surface area contributed by atoms with Gasteiger partial charge in [0.2, 0.25) is 0 Å². The minimum atomic E-state index is -0.422. The predicted octanol–water partition coefficient (Wildman–Crippen LogP) is 0.216. The Morgan fingerprint density at radius 3 is 2.43 bits per heavy atom. The van der Waals surface area contributed by atoms with Crippen molar-refractivity contribution in [1.82, 2.24) is 9.13 Å². The maximum absolute atomic E-state index is 12.2. The van der Waals surface area contributed by atoms with E-state index in [-0.39, 0.29) is 29.9 Å². The smallest absolute Gasteiger partial charge is 0.332 e. The minimum absolute atomic E-state index is 0.100. The Bertz CT molecular complexity index is 589. The van der Waals surface area contributed by atoms with E-state index in [1.54, 1.807) is 0 Å². The molecule has 0 aliphatic carbocycles. The molecule has 0 saturated carbocycles. The van der Waals surface area contributed by atoms with E-state index in [1.807, 2.05) is 20.8 Å². The predicted molar refractivity (Wildman–Crippen MR) is 84.5 cm³/mol. The number of hydrogen-bond acceptors (Lipinski definition) is 5. The van der Waals surface area contributed by atoms with E-state index in [9.17, 15) is 9.59 Å². The number of anilines is 2. The van der Waals surface area contributed by atoms with Crippen LogP contribution < -0.4 is 22.3 Å². The molecule has 4 N–H and O–H groups in total. The van der Waals surface area contributed by atoms with E-state index in [1.165, 1.54) is 11.6 Å². The molecule has 0 aromatic carbocycles. The zero-order valence-electron chi connectivity index (χ0n) is 13.2. The van der Waals surface area contributed by atoms with Gasteiger partial charge < -0.3 is 16.2 Å². The Morgan fingerprint density at radius 1 is 1.29 bits per heavy atom. The molecular weight excluding hydrogens is 272 g/mol. The second-order valence-electron chi connectivity index (χ2n) is 5.91. The number of nitrogens with one attached hydrogen (secondary N) is 1. The summed E-state index contributed by atoms with van der Waals surface area (Å²) >= 11 is 0. The number of nitrogens with zero attached hydrogens (tertiary/aromatic N) is 2. The molecule has 1 aromatic heterocycles. The van der Waals surface area contributed by atoms with Gasteiger partial charge in [-0.1, -0.05) is 20.8 Å². The molecule has 0 fully saturated rings. The Labute approximate surface area is 124 Å². The Morgan fingerprint density at radius 2 is 1.90 bits per heavy atom. The van der Waals surface area contributed by atoms with E-state index in [4.69, 9.17) is 10.8 Å². The van der Waals surface area contributed by atoms with Gasteiger partial charge in [0.05, 0.1) is 0 Å². The van der Waals surface area contributed by atoms with Gasteiger partial charge >= 0.3 is 5.69 Å². The highest BCUT2D eigenvalue weighted by molar-refractivity contribution is 5.60. The van der Waals surface area contributed by atoms with Crippen molar-refractivity contribution in [2.75, 3.05) is 24.2 Å². The largest absolute Gasteiger partial charge is 0.396 e. The van der Waals surface area contributed by atoms with E-state index in [0.29, 0.717) is 19.5 Å². The summed E-state index contributed by atoms with van der Waals surface area (Å²) in [6.07, 6.45) is 0.638. The summed E-state index contributed by atoms with van der Waals surface area (Å²) in [5.41, 5.74) is 5.43. The SMILES string of the molecule is CC(C)Cn1c(N)c(NCC(C)CCO)c(=O)n(C)c1=O. The van der Waals surface area contributed by atoms with Gasteiger partial charge in [-0.2, -0.15) is 0 Å². The lowest BCUT2D eigenvalue weighted by Gasteiger charge is -2.18. The maximum atomic E-state index is 12.2. The molecule has 0 radical (unpaired) electrons. The molecule has 1 rings (SSSR count). The highest BCUT2D eigenvalue weighted by atomic mass is 16.3. The normalized spacial score (nSPS) is 12.7. The zero-order valence-corrected chi connectivity index (χ0v) is 13.2. The van der Waals surface area contributed by atoms with Crippen molar-refractivity contribution in [1.29, 1.82) is 0 Å². The van der Waals surface area contributed by atoms with E-state index in [0.717, 1.165) is 4.57 Å². The number of nitrogen functional groups attached to an aromatic ring is 1. The van der Waals surface area contributed by atoms with Crippen LogP contribution in [0.1, 0.15) is 27.2 Å². The van der Waals surface area contributed by atoms with Gasteiger partial charge in [-0.05, 0) is 18.3 Å². The van der Waals surface area contributed by atoms with Crippen LogP contribution in [0.4, 0.5) is 11.5 Å². The summed E-state index contributed by atoms with van der Waals surface area (Å²) in [5.74, 6) is 0.612. The second kappa shape index (κ2) is 7.31. The van der Waals surface area contributed by atoms with Crippen LogP contribution in [0.25, 0.3) is 0 Å². The molecule has 0 bridgehead atoms. The molecule has 1 aromatic rings. The molecule has 7 nitrogen and oxygen atoms in total. The first-order valence-electron chi connectivity index (χ1n) is 7.23. The highest BCUT2D eigenvalue weighted by Gasteiger charge is 2.16. The lowest BCUT2D eigenvalue weighted by atomic mass is 10.1. The molecule has 0 spiro atoms. The van der Waals surface area contributed by atoms with Crippen LogP contribution in [0.5, 0.6) is 0 Å². The number of aliphatic hydroxyl groups is 1. The third-order valence-electron chi connectivity index (χ3n) is 3.38. The number of rotatable bonds is 7. The summed E-state index contributed by atoms with van der Waals surface area (Å²) in [4.78, 5) is 24.3. The third kappa shape index (κ3) is 4.10. The van der Waals surface area contributed by atoms with Gasteiger partial charge in [0.1, 0.15) is 11.5 Å². The topological polar surface area (TPSA) is 102 Å². The van der Waals surface area contributed by atoms with Gasteiger partial charge in [0, 0.05) is 26.7 Å². The van der Waals surface area contributed by atoms with Crippen molar-refractivity contribution in [3.8, 4) is 0 Å². The quantitative estimate of drug-likeness (QED) is 0.668. The maximum Gasteiger partial charge on any atom is 0.332 e. The Kier molecular flexibility index (Phi) is 6.02. The van der Waals surface area contributed by atoms with E-state index in [2.05, 4.69) is 5.32 Å². The number of hydrogen-bond donors (Lipinski definition) is 3. The van der Waals surface area contributed by atoms with Crippen LogP contribution in [0.15, 0.2) is 9.59 Å². The van der Waals surface area contributed by atoms with Crippen molar-refractivity contribution < 1.29 is 5.11 Å². The van der Waals surface area contributed by atoms with Crippen molar-refractivity contribution in [3.05, 3.63) is 20.8 Å². The first-order valence-corrected chi connectivity index (χ1v) is 7.23. The molecule has 0 aliphatic heterocycles. The molecule has 0 aliphatic rings. The first-order chi connectivity index (χ1) is 9.79. The lowest BCUT2D eigenvalue weighted by Crippen LogP contribution is -2.41. The van der Waals surface area contributed by atoms with Gasteiger partial charge in [0.25, 0.3) is 5.56 Å². The van der Waals surface area contributed by atoms with Gasteiger partial charge in [-0.15, -0.1) is 0 Å². The fourth-order valence-electron chi connectivity index (χ4n) is 2.09. The third-order valence-corrected chi connectivity index (χ3v) is 3.38. The van der Waals surface area contributed by atoms with E-state index < -0.39 is 11.2 Å². The zero-order chi connectivity index (χ0) is 16.2. The molecule has 1 heterocycles. The average Bonchev–Trinajstić information content (AvgIpc) is 2.41. The molecular formula is C14H26N4O3. The van der Waals surface area contributed by atoms with Crippen LogP contribution in [0, 0.1) is 11.8 Å². The molecule has 1 unspecified atom stereocenters. The second-order valence-corrected chi connectivity index (χ2v) is 5.91. The standard InChI is InChI=1S/C14H26N4O3/c1-9(2)8-18-12(15)11(13(20)17(4)14(18)21)16-7-10(3)5-6-19/h9-10,16,19H,5-8,15H2,1-4H3. The molecule has 120 valence electrons. The minimum Gasteiger partial charge on any atom is -0.396 e. The summed E-state index contributed by atoms with van der Waals surface area (Å²) in [6, 6.07) is 0. The lowest BCUT2D eigenvalue weighted by molar-refractivity contribution is 0.266. The molecule has 21 heavy (non-hydrogen) atoms. The Hall–Kier alpha value is -1.76. The summed E-state index contributed by atoms with van der Waals surface area (Å²) < 4.78 is 2.49. The van der Waals surface area contributed by atoms with Crippen LogP contribution in [-0.2, 0) is 13.6 Å². The van der Waals surface area contributed by atoms with Gasteiger partial charge in [-0.3, -0.25) is 13.9 Å². The Balaban J connectivity index is 3.17. The van der Waals surface area contributed by atoms with Gasteiger partial charge in [-0.25, -0.2) is 4.79 Å². The van der Waals surface area contributed by atoms with Crippen LogP contribution in [0.3, 0.4) is 0 Å². The fourth-order valence-corrected chi connectivity index (χ4v) is 2.09. The van der Waals surface area contributed by atoms with Crippen LogP contribution in [0.2, 0.25) is 0 Å². The summed E-state index contributed by atoms with van der Waals surface area (Å²) in [7, 11) is 1.45. The molecule has 7 heteroatoms. The summed E-state index contributed by atoms with van der Waals surface area (Å²) in [6.45, 7) is 7.00. The van der Waals surface area contributed by atoms with Crippen LogP contribution >= 0.6 is 0 Å². The first kappa shape index (κ1) is 17.3. The molecule has 0 amide bonds. The number of nitrogens with two attached hydrogens (primary N) is 1. The van der Waals surface area contributed by atoms with Crippen molar-refractivity contribution in [2.24, 2.45) is 18.9 Å². The van der Waals surface area contributed by atoms with Crippen molar-refractivity contribution >= 4 is 11.5 Å². The molecule has 1 atom stereocenters. The number of aromatic nitrogens is 2. The van der Waals surface area contributed by atoms with E-state index >= 15 is 0 Å².